The van der Waals surface area contributed by atoms with Crippen LogP contribution in [0.5, 0.6) is 0 Å². The number of carbonyl (C=O) groups is 3. The first-order valence-corrected chi connectivity index (χ1v) is 21.4. The van der Waals surface area contributed by atoms with Gasteiger partial charge in [-0.25, -0.2) is 0 Å². The lowest BCUT2D eigenvalue weighted by atomic mass is 10.0. The van der Waals surface area contributed by atoms with Crippen LogP contribution < -0.4 is 5.32 Å². The van der Waals surface area contributed by atoms with Crippen LogP contribution >= 0.6 is 0 Å². The molecule has 7 heteroatoms. The number of nitrogens with zero attached hydrogens (tertiary/aromatic N) is 2. The zero-order valence-electron chi connectivity index (χ0n) is 33.0. The van der Waals surface area contributed by atoms with Crippen molar-refractivity contribution in [2.75, 3.05) is 32.8 Å². The lowest BCUT2D eigenvalue weighted by Gasteiger charge is -2.33. The van der Waals surface area contributed by atoms with Gasteiger partial charge in [-0.2, -0.15) is 0 Å². The number of amides is 2. The van der Waals surface area contributed by atoms with E-state index in [1.807, 2.05) is 0 Å². The highest BCUT2D eigenvalue weighted by Gasteiger charge is 2.31. The van der Waals surface area contributed by atoms with Crippen molar-refractivity contribution in [2.45, 2.75) is 220 Å². The van der Waals surface area contributed by atoms with Gasteiger partial charge < -0.3 is 19.9 Å². The summed E-state index contributed by atoms with van der Waals surface area (Å²) >= 11 is 0. The molecule has 1 aliphatic carbocycles. The molecule has 0 aromatic rings. The van der Waals surface area contributed by atoms with Gasteiger partial charge in [0.25, 0.3) is 5.91 Å². The highest BCUT2D eigenvalue weighted by atomic mass is 16.5. The maximum atomic E-state index is 13.9. The summed E-state index contributed by atoms with van der Waals surface area (Å²) in [6.07, 6.45) is 31.8. The van der Waals surface area contributed by atoms with E-state index >= 15 is 0 Å². The van der Waals surface area contributed by atoms with Gasteiger partial charge in [0.1, 0.15) is 6.04 Å². The standard InChI is InChI=1S/C42H81N3O4/c1-5-9-11-13-15-16-17-18-19-20-21-23-29-34-41(47)49-37-40(46)45(36-30-35-44(7-3)8-4)39(33-28-22-14-12-10-6-2)42(48)43-38-31-26-24-25-27-32-38/h38-39H,5-37H2,1-4H3,(H,43,48). The van der Waals surface area contributed by atoms with Crippen LogP contribution in [-0.4, -0.2) is 72.5 Å². The van der Waals surface area contributed by atoms with Crippen LogP contribution in [0.4, 0.5) is 0 Å². The van der Waals surface area contributed by atoms with E-state index in [1.54, 1.807) is 4.90 Å². The molecule has 49 heavy (non-hydrogen) atoms. The fourth-order valence-corrected chi connectivity index (χ4v) is 7.31. The van der Waals surface area contributed by atoms with Crippen molar-refractivity contribution in [2.24, 2.45) is 0 Å². The molecular weight excluding hydrogens is 610 g/mol. The first-order chi connectivity index (χ1) is 24.0. The van der Waals surface area contributed by atoms with E-state index in [2.05, 4.69) is 37.9 Å². The van der Waals surface area contributed by atoms with Gasteiger partial charge >= 0.3 is 5.97 Å². The van der Waals surface area contributed by atoms with Gasteiger partial charge in [-0.3, -0.25) is 14.4 Å². The van der Waals surface area contributed by atoms with Gasteiger partial charge in [0.05, 0.1) is 0 Å². The molecule has 1 unspecified atom stereocenters. The number of unbranched alkanes of at least 4 members (excludes halogenated alkanes) is 17. The molecule has 1 saturated carbocycles. The van der Waals surface area contributed by atoms with E-state index in [-0.39, 0.29) is 30.4 Å². The van der Waals surface area contributed by atoms with Crippen molar-refractivity contribution in [3.05, 3.63) is 0 Å². The third-order valence-electron chi connectivity index (χ3n) is 10.6. The smallest absolute Gasteiger partial charge is 0.306 e. The van der Waals surface area contributed by atoms with E-state index in [1.165, 1.54) is 96.3 Å². The Hall–Kier alpha value is -1.63. The fraction of sp³-hybridized carbons (Fsp3) is 0.929. The molecular formula is C42H81N3O4. The molecule has 0 bridgehead atoms. The van der Waals surface area contributed by atoms with Crippen LogP contribution in [0.25, 0.3) is 0 Å². The normalized spacial score (nSPS) is 14.5. The lowest BCUT2D eigenvalue weighted by molar-refractivity contribution is -0.154. The fourth-order valence-electron chi connectivity index (χ4n) is 7.31. The zero-order valence-corrected chi connectivity index (χ0v) is 33.0. The molecule has 1 N–H and O–H groups in total. The van der Waals surface area contributed by atoms with Gasteiger partial charge in [-0.15, -0.1) is 0 Å². The average molecular weight is 692 g/mol. The van der Waals surface area contributed by atoms with Crippen molar-refractivity contribution >= 4 is 17.8 Å². The summed E-state index contributed by atoms with van der Waals surface area (Å²) in [6, 6.07) is -0.328. The largest absolute Gasteiger partial charge is 0.456 e. The van der Waals surface area contributed by atoms with E-state index in [4.69, 9.17) is 4.74 Å². The quantitative estimate of drug-likeness (QED) is 0.0431. The summed E-state index contributed by atoms with van der Waals surface area (Å²) in [4.78, 5) is 44.5. The molecule has 288 valence electrons. The third-order valence-corrected chi connectivity index (χ3v) is 10.6. The third kappa shape index (κ3) is 24.2. The number of carbonyl (C=O) groups excluding carboxylic acids is 3. The number of hydrogen-bond acceptors (Lipinski definition) is 5. The van der Waals surface area contributed by atoms with Gasteiger partial charge in [0, 0.05) is 19.0 Å². The van der Waals surface area contributed by atoms with Gasteiger partial charge in [0.2, 0.25) is 5.91 Å². The molecule has 0 aliphatic heterocycles. The molecule has 7 nitrogen and oxygen atoms in total. The second kappa shape index (κ2) is 32.3. The number of nitrogens with one attached hydrogen (secondary N) is 1. The number of esters is 1. The summed E-state index contributed by atoms with van der Waals surface area (Å²) in [5.41, 5.74) is 0. The van der Waals surface area contributed by atoms with Crippen molar-refractivity contribution in [1.29, 1.82) is 0 Å². The zero-order chi connectivity index (χ0) is 35.8. The summed E-state index contributed by atoms with van der Waals surface area (Å²) in [5, 5.41) is 3.36. The Bertz CT molecular complexity index is 795. The average Bonchev–Trinajstić information content (AvgIpc) is 3.38. The molecule has 1 rings (SSSR count). The highest BCUT2D eigenvalue weighted by molar-refractivity contribution is 5.89. The first kappa shape index (κ1) is 45.4. The second-order valence-corrected chi connectivity index (χ2v) is 14.9. The molecule has 0 heterocycles. The maximum Gasteiger partial charge on any atom is 0.306 e. The van der Waals surface area contributed by atoms with Crippen LogP contribution in [-0.2, 0) is 19.1 Å². The van der Waals surface area contributed by atoms with Crippen molar-refractivity contribution in [3.8, 4) is 0 Å². The Morgan fingerprint density at radius 1 is 0.612 bits per heavy atom. The molecule has 0 spiro atoms. The van der Waals surface area contributed by atoms with Crippen LogP contribution in [0.1, 0.15) is 207 Å². The minimum Gasteiger partial charge on any atom is -0.456 e. The first-order valence-electron chi connectivity index (χ1n) is 21.4. The van der Waals surface area contributed by atoms with E-state index < -0.39 is 6.04 Å². The molecule has 0 aromatic heterocycles. The van der Waals surface area contributed by atoms with Crippen molar-refractivity contribution in [3.63, 3.8) is 0 Å². The maximum absolute atomic E-state index is 13.9. The number of hydrogen-bond donors (Lipinski definition) is 1. The molecule has 0 aromatic carbocycles. The Morgan fingerprint density at radius 2 is 1.10 bits per heavy atom. The Balaban J connectivity index is 2.66. The predicted molar refractivity (Wildman–Crippen MR) is 207 cm³/mol. The molecule has 0 saturated heterocycles. The van der Waals surface area contributed by atoms with Crippen molar-refractivity contribution in [1.82, 2.24) is 15.1 Å². The molecule has 1 atom stereocenters. The highest BCUT2D eigenvalue weighted by Crippen LogP contribution is 2.20. The summed E-state index contributed by atoms with van der Waals surface area (Å²) in [6.45, 7) is 11.8. The van der Waals surface area contributed by atoms with Crippen LogP contribution in [0, 0.1) is 0 Å². The monoisotopic (exact) mass is 692 g/mol. The van der Waals surface area contributed by atoms with E-state index in [0.29, 0.717) is 19.4 Å². The Labute approximate surface area is 303 Å². The second-order valence-electron chi connectivity index (χ2n) is 14.9. The van der Waals surface area contributed by atoms with Crippen LogP contribution in [0.3, 0.4) is 0 Å². The van der Waals surface area contributed by atoms with Gasteiger partial charge in [0.15, 0.2) is 6.61 Å². The molecule has 2 amide bonds. The molecule has 1 aliphatic rings. The lowest BCUT2D eigenvalue weighted by Crippen LogP contribution is -2.53. The van der Waals surface area contributed by atoms with Crippen LogP contribution in [0.2, 0.25) is 0 Å². The van der Waals surface area contributed by atoms with Crippen LogP contribution in [0.15, 0.2) is 0 Å². The van der Waals surface area contributed by atoms with Crippen molar-refractivity contribution < 1.29 is 19.1 Å². The Kier molecular flexibility index (Phi) is 29.9. The minimum absolute atomic E-state index is 0.0186. The topological polar surface area (TPSA) is 79.0 Å². The SMILES string of the molecule is CCCCCCCCCCCCCCCC(=O)OCC(=O)N(CCCN(CC)CC)C(CCCCCCCC)C(=O)NC1CCCCCC1. The van der Waals surface area contributed by atoms with E-state index in [0.717, 1.165) is 90.3 Å². The number of rotatable bonds is 32. The summed E-state index contributed by atoms with van der Waals surface area (Å²) in [5.74, 6) is -0.546. The molecule has 1 fully saturated rings. The number of ether oxygens (including phenoxy) is 1. The molecule has 0 radical (unpaired) electrons. The predicted octanol–water partition coefficient (Wildman–Crippen LogP) is 10.5. The van der Waals surface area contributed by atoms with Gasteiger partial charge in [-0.1, -0.05) is 169 Å². The van der Waals surface area contributed by atoms with Gasteiger partial charge in [-0.05, 0) is 51.7 Å². The Morgan fingerprint density at radius 3 is 1.61 bits per heavy atom. The summed E-state index contributed by atoms with van der Waals surface area (Å²) in [7, 11) is 0. The van der Waals surface area contributed by atoms with E-state index in [9.17, 15) is 14.4 Å². The minimum atomic E-state index is -0.515. The summed E-state index contributed by atoms with van der Waals surface area (Å²) < 4.78 is 5.56.